The largest absolute Gasteiger partial charge is 0.416 e. The molecule has 1 N–H and O–H groups in total. The topological polar surface area (TPSA) is 79.7 Å². The number of hydrogen-bond donors (Lipinski definition) is 1. The second-order valence-corrected chi connectivity index (χ2v) is 6.70. The highest BCUT2D eigenvalue weighted by molar-refractivity contribution is 5.70. The van der Waals surface area contributed by atoms with E-state index in [4.69, 9.17) is 0 Å². The number of hydrogen-bond acceptors (Lipinski definition) is 5. The predicted molar refractivity (Wildman–Crippen MR) is 93.2 cm³/mol. The van der Waals surface area contributed by atoms with Gasteiger partial charge < -0.3 is 4.90 Å². The summed E-state index contributed by atoms with van der Waals surface area (Å²) in [6.07, 6.45) is -2.38. The van der Waals surface area contributed by atoms with Gasteiger partial charge >= 0.3 is 6.18 Å². The minimum Gasteiger partial charge on any atom is -0.342 e. The van der Waals surface area contributed by atoms with Crippen LogP contribution in [0.25, 0.3) is 16.9 Å². The molecule has 0 atom stereocenters. The van der Waals surface area contributed by atoms with Crippen molar-refractivity contribution < 1.29 is 13.2 Å². The van der Waals surface area contributed by atoms with E-state index in [0.717, 1.165) is 38.1 Å². The molecule has 0 unspecified atom stereocenters. The second-order valence-electron chi connectivity index (χ2n) is 6.70. The predicted octanol–water partition coefficient (Wildman–Crippen LogP) is 2.74. The molecule has 3 aromatic rings. The molecule has 1 saturated heterocycles. The number of aromatic nitrogens is 5. The molecule has 3 heterocycles. The Bertz CT molecular complexity index is 1060. The van der Waals surface area contributed by atoms with Crippen LogP contribution < -0.4 is 10.5 Å². The fraction of sp³-hybridized carbons (Fsp3) is 0.412. The first-order valence-corrected chi connectivity index (χ1v) is 8.55. The van der Waals surface area contributed by atoms with Crippen LogP contribution in [0, 0.1) is 13.8 Å². The molecule has 1 aromatic carbocycles. The number of aryl methyl sites for hydroxylation is 2. The van der Waals surface area contributed by atoms with Crippen molar-refractivity contribution in [2.24, 2.45) is 0 Å². The van der Waals surface area contributed by atoms with E-state index in [1.54, 1.807) is 13.8 Å². The molecule has 1 aliphatic heterocycles. The molecule has 142 valence electrons. The Balaban J connectivity index is 1.83. The van der Waals surface area contributed by atoms with Gasteiger partial charge in [0.05, 0.1) is 11.3 Å². The summed E-state index contributed by atoms with van der Waals surface area (Å²) in [7, 11) is 0. The van der Waals surface area contributed by atoms with E-state index in [9.17, 15) is 18.0 Å². The van der Waals surface area contributed by atoms with Gasteiger partial charge in [-0.05, 0) is 49.9 Å². The lowest BCUT2D eigenvalue weighted by atomic mass is 10.0. The first kappa shape index (κ1) is 17.5. The summed E-state index contributed by atoms with van der Waals surface area (Å²) >= 11 is 0. The number of anilines is 1. The Hall–Kier alpha value is -2.91. The summed E-state index contributed by atoms with van der Waals surface area (Å²) in [6.45, 7) is 4.72. The number of H-pyrrole nitrogens is 1. The lowest BCUT2D eigenvalue weighted by Crippen LogP contribution is -2.23. The third kappa shape index (κ3) is 3.04. The zero-order chi connectivity index (χ0) is 19.3. The first-order valence-electron chi connectivity index (χ1n) is 8.55. The standard InChI is InChI=1S/C17H17F3N6O/c1-9-7-11(17(18,19)20)8-10(2)13(9)26-23-12-14(24-26)21-16(22-15(12)27)25-5-3-4-6-25/h7-8H,3-6H2,1-2H3,(H,21,22,24,27). The van der Waals surface area contributed by atoms with Crippen molar-refractivity contribution >= 4 is 17.1 Å². The van der Waals surface area contributed by atoms with Gasteiger partial charge in [0, 0.05) is 13.1 Å². The SMILES string of the molecule is Cc1cc(C(F)(F)F)cc(C)c1-n1nc2nc(N3CCCC3)[nH]c(=O)c2n1. The Morgan fingerprint density at radius 3 is 2.30 bits per heavy atom. The molecule has 0 amide bonds. The number of halogens is 3. The molecule has 0 radical (unpaired) electrons. The van der Waals surface area contributed by atoms with Gasteiger partial charge in [-0.3, -0.25) is 9.78 Å². The van der Waals surface area contributed by atoms with Crippen LogP contribution in [0.4, 0.5) is 19.1 Å². The number of aromatic amines is 1. The average molecular weight is 378 g/mol. The molecule has 1 fully saturated rings. The van der Waals surface area contributed by atoms with E-state index in [-0.39, 0.29) is 11.2 Å². The molecular formula is C17H17F3N6O. The molecule has 27 heavy (non-hydrogen) atoms. The first-order chi connectivity index (χ1) is 12.7. The molecule has 4 rings (SSSR count). The van der Waals surface area contributed by atoms with E-state index < -0.39 is 17.3 Å². The zero-order valence-corrected chi connectivity index (χ0v) is 14.8. The van der Waals surface area contributed by atoms with E-state index in [1.165, 1.54) is 4.80 Å². The molecule has 1 aliphatic rings. The molecule has 0 aliphatic carbocycles. The van der Waals surface area contributed by atoms with Crippen molar-refractivity contribution in [3.05, 3.63) is 39.2 Å². The van der Waals surface area contributed by atoms with Crippen LogP contribution >= 0.6 is 0 Å². The lowest BCUT2D eigenvalue weighted by molar-refractivity contribution is -0.137. The van der Waals surface area contributed by atoms with Crippen LogP contribution in [0.3, 0.4) is 0 Å². The van der Waals surface area contributed by atoms with Gasteiger partial charge in [0.2, 0.25) is 11.6 Å². The summed E-state index contributed by atoms with van der Waals surface area (Å²) in [5, 5.41) is 8.42. The fourth-order valence-corrected chi connectivity index (χ4v) is 3.42. The third-order valence-corrected chi connectivity index (χ3v) is 4.67. The lowest BCUT2D eigenvalue weighted by Gasteiger charge is -2.14. The maximum absolute atomic E-state index is 13.0. The normalized spacial score (nSPS) is 15.1. The van der Waals surface area contributed by atoms with Crippen molar-refractivity contribution in [2.45, 2.75) is 32.9 Å². The van der Waals surface area contributed by atoms with E-state index >= 15 is 0 Å². The van der Waals surface area contributed by atoms with Gasteiger partial charge in [0.15, 0.2) is 5.52 Å². The summed E-state index contributed by atoms with van der Waals surface area (Å²) < 4.78 is 39.0. The molecule has 7 nitrogen and oxygen atoms in total. The number of nitrogens with one attached hydrogen (secondary N) is 1. The summed E-state index contributed by atoms with van der Waals surface area (Å²) in [5.74, 6) is 0.443. The monoisotopic (exact) mass is 378 g/mol. The van der Waals surface area contributed by atoms with Crippen molar-refractivity contribution in [3.63, 3.8) is 0 Å². The van der Waals surface area contributed by atoms with Crippen molar-refractivity contribution in [2.75, 3.05) is 18.0 Å². The van der Waals surface area contributed by atoms with E-state index in [0.29, 0.717) is 22.8 Å². The maximum Gasteiger partial charge on any atom is 0.416 e. The number of alkyl halides is 3. The Morgan fingerprint density at radius 2 is 1.70 bits per heavy atom. The third-order valence-electron chi connectivity index (χ3n) is 4.67. The van der Waals surface area contributed by atoms with Gasteiger partial charge in [-0.2, -0.15) is 18.2 Å². The van der Waals surface area contributed by atoms with Crippen LogP contribution in [0.5, 0.6) is 0 Å². The van der Waals surface area contributed by atoms with Gasteiger partial charge in [-0.25, -0.2) is 0 Å². The van der Waals surface area contributed by atoms with Crippen LogP contribution in [0.1, 0.15) is 29.5 Å². The highest BCUT2D eigenvalue weighted by atomic mass is 19.4. The van der Waals surface area contributed by atoms with Crippen molar-refractivity contribution in [1.82, 2.24) is 25.0 Å². The van der Waals surface area contributed by atoms with Crippen molar-refractivity contribution in [3.8, 4) is 5.69 Å². The fourth-order valence-electron chi connectivity index (χ4n) is 3.42. The van der Waals surface area contributed by atoms with Gasteiger partial charge in [-0.15, -0.1) is 15.0 Å². The minimum atomic E-state index is -4.43. The Morgan fingerprint density at radius 1 is 1.07 bits per heavy atom. The van der Waals surface area contributed by atoms with Crippen LogP contribution in [0.2, 0.25) is 0 Å². The number of nitrogens with zero attached hydrogens (tertiary/aromatic N) is 5. The highest BCUT2D eigenvalue weighted by Crippen LogP contribution is 2.33. The molecule has 0 spiro atoms. The van der Waals surface area contributed by atoms with Crippen LogP contribution in [-0.4, -0.2) is 38.1 Å². The minimum absolute atomic E-state index is 0.0524. The highest BCUT2D eigenvalue weighted by Gasteiger charge is 2.31. The maximum atomic E-state index is 13.0. The number of rotatable bonds is 2. The number of fused-ring (bicyclic) bond motifs is 1. The summed E-state index contributed by atoms with van der Waals surface area (Å²) in [5.41, 5.74) is 0.192. The summed E-state index contributed by atoms with van der Waals surface area (Å²) in [4.78, 5) is 22.6. The van der Waals surface area contributed by atoms with Crippen LogP contribution in [-0.2, 0) is 6.18 Å². The smallest absolute Gasteiger partial charge is 0.342 e. The molecular weight excluding hydrogens is 361 g/mol. The zero-order valence-electron chi connectivity index (χ0n) is 14.8. The Labute approximate surface area is 151 Å². The van der Waals surface area contributed by atoms with Gasteiger partial charge in [-0.1, -0.05) is 0 Å². The van der Waals surface area contributed by atoms with E-state index in [2.05, 4.69) is 20.2 Å². The molecule has 2 aromatic heterocycles. The quantitative estimate of drug-likeness (QED) is 0.742. The molecule has 0 bridgehead atoms. The average Bonchev–Trinajstić information content (AvgIpc) is 3.22. The van der Waals surface area contributed by atoms with Gasteiger partial charge in [0.1, 0.15) is 0 Å². The molecule has 10 heteroatoms. The number of benzene rings is 1. The van der Waals surface area contributed by atoms with Crippen molar-refractivity contribution in [1.29, 1.82) is 0 Å². The summed E-state index contributed by atoms with van der Waals surface area (Å²) in [6, 6.07) is 2.09. The Kier molecular flexibility index (Phi) is 3.93. The molecule has 0 saturated carbocycles. The second kappa shape index (κ2) is 6.07. The van der Waals surface area contributed by atoms with Crippen LogP contribution in [0.15, 0.2) is 16.9 Å². The van der Waals surface area contributed by atoms with Gasteiger partial charge in [0.25, 0.3) is 5.56 Å². The van der Waals surface area contributed by atoms with E-state index in [1.807, 2.05) is 4.90 Å².